The third-order valence-electron chi connectivity index (χ3n) is 3.78. The van der Waals surface area contributed by atoms with Gasteiger partial charge in [0.25, 0.3) is 0 Å². The molecule has 23 heavy (non-hydrogen) atoms. The quantitative estimate of drug-likeness (QED) is 0.764. The zero-order valence-corrected chi connectivity index (χ0v) is 13.5. The Bertz CT molecular complexity index is 692. The number of amides is 1. The molecule has 0 aliphatic carbocycles. The SMILES string of the molecule is CN(C)CCNC(=O)C(Cc1cccc2ccccc12)C(=O)O. The molecule has 1 atom stereocenters. The van der Waals surface area contributed by atoms with Crippen molar-refractivity contribution in [2.45, 2.75) is 6.42 Å². The maximum Gasteiger partial charge on any atom is 0.316 e. The van der Waals surface area contributed by atoms with E-state index >= 15 is 0 Å². The Kier molecular flexibility index (Phi) is 5.71. The molecular formula is C18H22N2O3. The van der Waals surface area contributed by atoms with E-state index in [1.807, 2.05) is 61.5 Å². The van der Waals surface area contributed by atoms with E-state index in [1.54, 1.807) is 0 Å². The lowest BCUT2D eigenvalue weighted by atomic mass is 9.94. The summed E-state index contributed by atoms with van der Waals surface area (Å²) in [4.78, 5) is 25.6. The minimum absolute atomic E-state index is 0.185. The molecule has 0 saturated heterocycles. The molecule has 2 aromatic carbocycles. The second-order valence-corrected chi connectivity index (χ2v) is 5.83. The number of likely N-dealkylation sites (N-methyl/N-ethyl adjacent to an activating group) is 1. The molecule has 2 N–H and O–H groups in total. The van der Waals surface area contributed by atoms with Gasteiger partial charge in [0.15, 0.2) is 0 Å². The molecule has 0 heterocycles. The average molecular weight is 314 g/mol. The summed E-state index contributed by atoms with van der Waals surface area (Å²) in [5, 5.41) is 14.1. The van der Waals surface area contributed by atoms with Crippen molar-refractivity contribution in [2.75, 3.05) is 27.2 Å². The van der Waals surface area contributed by atoms with E-state index in [0.29, 0.717) is 13.1 Å². The lowest BCUT2D eigenvalue weighted by Crippen LogP contribution is -2.39. The highest BCUT2D eigenvalue weighted by Crippen LogP contribution is 2.21. The van der Waals surface area contributed by atoms with Crippen molar-refractivity contribution in [1.29, 1.82) is 0 Å². The Labute approximate surface area is 135 Å². The van der Waals surface area contributed by atoms with Gasteiger partial charge in [-0.1, -0.05) is 42.5 Å². The number of aliphatic carboxylic acids is 1. The number of carboxylic acids is 1. The van der Waals surface area contributed by atoms with Crippen molar-refractivity contribution < 1.29 is 14.7 Å². The molecular weight excluding hydrogens is 292 g/mol. The van der Waals surface area contributed by atoms with E-state index in [1.165, 1.54) is 0 Å². The Morgan fingerprint density at radius 3 is 2.52 bits per heavy atom. The second-order valence-electron chi connectivity index (χ2n) is 5.83. The first-order chi connectivity index (χ1) is 11.0. The van der Waals surface area contributed by atoms with Crippen molar-refractivity contribution in [3.05, 3.63) is 48.0 Å². The molecule has 0 spiro atoms. The lowest BCUT2D eigenvalue weighted by molar-refractivity contribution is -0.146. The number of carbonyl (C=O) groups excluding carboxylic acids is 1. The molecule has 1 amide bonds. The highest BCUT2D eigenvalue weighted by atomic mass is 16.4. The third-order valence-corrected chi connectivity index (χ3v) is 3.78. The van der Waals surface area contributed by atoms with Crippen molar-refractivity contribution in [3.63, 3.8) is 0 Å². The highest BCUT2D eigenvalue weighted by Gasteiger charge is 2.26. The number of benzene rings is 2. The maximum absolute atomic E-state index is 12.2. The zero-order chi connectivity index (χ0) is 16.8. The Morgan fingerprint density at radius 1 is 1.13 bits per heavy atom. The van der Waals surface area contributed by atoms with Crippen LogP contribution in [0.2, 0.25) is 0 Å². The first-order valence-corrected chi connectivity index (χ1v) is 7.61. The van der Waals surface area contributed by atoms with Crippen LogP contribution in [0.15, 0.2) is 42.5 Å². The summed E-state index contributed by atoms with van der Waals surface area (Å²) >= 11 is 0. The average Bonchev–Trinajstić information content (AvgIpc) is 2.51. The molecule has 2 rings (SSSR count). The summed E-state index contributed by atoms with van der Waals surface area (Å²) in [7, 11) is 3.80. The summed E-state index contributed by atoms with van der Waals surface area (Å²) in [6.07, 6.45) is 0.185. The number of nitrogens with zero attached hydrogens (tertiary/aromatic N) is 1. The van der Waals surface area contributed by atoms with Gasteiger partial charge in [-0.2, -0.15) is 0 Å². The van der Waals surface area contributed by atoms with Crippen molar-refractivity contribution >= 4 is 22.6 Å². The first-order valence-electron chi connectivity index (χ1n) is 7.61. The molecule has 0 radical (unpaired) electrons. The van der Waals surface area contributed by atoms with E-state index in [9.17, 15) is 14.7 Å². The molecule has 5 nitrogen and oxygen atoms in total. The normalized spacial score (nSPS) is 12.3. The lowest BCUT2D eigenvalue weighted by Gasteiger charge is -2.16. The van der Waals surface area contributed by atoms with Crippen LogP contribution < -0.4 is 5.32 Å². The van der Waals surface area contributed by atoms with E-state index in [2.05, 4.69) is 5.32 Å². The smallest absolute Gasteiger partial charge is 0.316 e. The molecule has 0 aliphatic heterocycles. The van der Waals surface area contributed by atoms with Gasteiger partial charge in [0.1, 0.15) is 5.92 Å². The standard InChI is InChI=1S/C18H22N2O3/c1-20(2)11-10-19-17(21)16(18(22)23)12-14-8-5-7-13-6-3-4-9-15(13)14/h3-9,16H,10-12H2,1-2H3,(H,19,21)(H,22,23). The molecule has 0 aromatic heterocycles. The van der Waals surface area contributed by atoms with Crippen LogP contribution in [0.3, 0.4) is 0 Å². The van der Waals surface area contributed by atoms with Gasteiger partial charge in [-0.15, -0.1) is 0 Å². The molecule has 0 aliphatic rings. The third kappa shape index (κ3) is 4.53. The number of rotatable bonds is 7. The van der Waals surface area contributed by atoms with Crippen LogP contribution in [-0.4, -0.2) is 49.1 Å². The van der Waals surface area contributed by atoms with Gasteiger partial charge < -0.3 is 15.3 Å². The monoisotopic (exact) mass is 314 g/mol. The fourth-order valence-electron chi connectivity index (χ4n) is 2.51. The first kappa shape index (κ1) is 17.0. The summed E-state index contributed by atoms with van der Waals surface area (Å²) < 4.78 is 0. The highest BCUT2D eigenvalue weighted by molar-refractivity contribution is 5.98. The van der Waals surface area contributed by atoms with E-state index in [4.69, 9.17) is 0 Å². The Hall–Kier alpha value is -2.40. The Morgan fingerprint density at radius 2 is 1.83 bits per heavy atom. The van der Waals surface area contributed by atoms with Crippen LogP contribution in [0, 0.1) is 5.92 Å². The van der Waals surface area contributed by atoms with E-state index in [0.717, 1.165) is 16.3 Å². The largest absolute Gasteiger partial charge is 0.481 e. The van der Waals surface area contributed by atoms with Crippen LogP contribution in [0.5, 0.6) is 0 Å². The summed E-state index contributed by atoms with van der Waals surface area (Å²) in [5.41, 5.74) is 0.873. The minimum Gasteiger partial charge on any atom is -0.481 e. The number of hydrogen-bond donors (Lipinski definition) is 2. The topological polar surface area (TPSA) is 69.6 Å². The second kappa shape index (κ2) is 7.74. The number of carboxylic acid groups (broad SMARTS) is 1. The summed E-state index contributed by atoms with van der Waals surface area (Å²) in [6.45, 7) is 1.11. The van der Waals surface area contributed by atoms with Crippen LogP contribution in [0.4, 0.5) is 0 Å². The van der Waals surface area contributed by atoms with Gasteiger partial charge in [0.2, 0.25) is 5.91 Å². The molecule has 5 heteroatoms. The molecule has 1 unspecified atom stereocenters. The van der Waals surface area contributed by atoms with Gasteiger partial charge in [-0.25, -0.2) is 0 Å². The fraction of sp³-hybridized carbons (Fsp3) is 0.333. The summed E-state index contributed by atoms with van der Waals surface area (Å²) in [5.74, 6) is -2.62. The number of nitrogens with one attached hydrogen (secondary N) is 1. The minimum atomic E-state index is -1.10. The van der Waals surface area contributed by atoms with Crippen LogP contribution in [0.1, 0.15) is 5.56 Å². The molecule has 0 bridgehead atoms. The van der Waals surface area contributed by atoms with Gasteiger partial charge in [-0.05, 0) is 36.9 Å². The van der Waals surface area contributed by atoms with Gasteiger partial charge >= 0.3 is 5.97 Å². The van der Waals surface area contributed by atoms with E-state index < -0.39 is 17.8 Å². The number of hydrogen-bond acceptors (Lipinski definition) is 3. The van der Waals surface area contributed by atoms with Crippen molar-refractivity contribution in [1.82, 2.24) is 10.2 Å². The van der Waals surface area contributed by atoms with Crippen LogP contribution in [0.25, 0.3) is 10.8 Å². The maximum atomic E-state index is 12.2. The molecule has 122 valence electrons. The van der Waals surface area contributed by atoms with Crippen molar-refractivity contribution in [2.24, 2.45) is 5.92 Å². The van der Waals surface area contributed by atoms with Crippen LogP contribution >= 0.6 is 0 Å². The van der Waals surface area contributed by atoms with Gasteiger partial charge in [-0.3, -0.25) is 9.59 Å². The molecule has 2 aromatic rings. The fourth-order valence-corrected chi connectivity index (χ4v) is 2.51. The van der Waals surface area contributed by atoms with Gasteiger partial charge in [0, 0.05) is 13.1 Å². The molecule has 0 fully saturated rings. The number of carbonyl (C=O) groups is 2. The zero-order valence-electron chi connectivity index (χ0n) is 13.5. The predicted octanol–water partition coefficient (Wildman–Crippen LogP) is 1.76. The molecule has 0 saturated carbocycles. The van der Waals surface area contributed by atoms with Crippen molar-refractivity contribution in [3.8, 4) is 0 Å². The Balaban J connectivity index is 2.15. The predicted molar refractivity (Wildman–Crippen MR) is 90.3 cm³/mol. The van der Waals surface area contributed by atoms with Crippen LogP contribution in [-0.2, 0) is 16.0 Å². The summed E-state index contributed by atoms with van der Waals surface area (Å²) in [6, 6.07) is 13.5. The van der Waals surface area contributed by atoms with E-state index in [-0.39, 0.29) is 6.42 Å². The van der Waals surface area contributed by atoms with Gasteiger partial charge in [0.05, 0.1) is 0 Å². The number of fused-ring (bicyclic) bond motifs is 1.